The lowest BCUT2D eigenvalue weighted by Gasteiger charge is -2.33. The van der Waals surface area contributed by atoms with Crippen LogP contribution in [-0.2, 0) is 10.0 Å². The van der Waals surface area contributed by atoms with Crippen molar-refractivity contribution >= 4 is 38.4 Å². The van der Waals surface area contributed by atoms with Crippen LogP contribution in [0, 0.1) is 11.8 Å². The topological polar surface area (TPSA) is 49.4 Å². The fraction of sp³-hybridized carbons (Fsp3) is 0.538. The van der Waals surface area contributed by atoms with Gasteiger partial charge in [0.2, 0.25) is 10.0 Å². The van der Waals surface area contributed by atoms with Crippen LogP contribution in [0.15, 0.2) is 33.6 Å². The molecule has 2 fully saturated rings. The number of nitrogens with one attached hydrogen (secondary N) is 1. The maximum absolute atomic E-state index is 12.6. The van der Waals surface area contributed by atoms with E-state index in [1.165, 1.54) is 0 Å². The molecule has 2 aliphatic rings. The maximum atomic E-state index is 12.6. The highest BCUT2D eigenvalue weighted by Gasteiger charge is 2.37. The van der Waals surface area contributed by atoms with E-state index in [2.05, 4.69) is 21.2 Å². The molecule has 2 saturated heterocycles. The molecule has 0 aliphatic carbocycles. The predicted octanol–water partition coefficient (Wildman–Crippen LogP) is 2.10. The number of hydrogen-bond acceptors (Lipinski definition) is 3. The molecule has 2 aliphatic heterocycles. The van der Waals surface area contributed by atoms with Crippen molar-refractivity contribution in [2.75, 3.05) is 26.2 Å². The zero-order valence-electron chi connectivity index (χ0n) is 11.0. The number of hydrogen-bond donors (Lipinski definition) is 1. The maximum Gasteiger partial charge on any atom is 0.243 e. The van der Waals surface area contributed by atoms with E-state index in [1.54, 1.807) is 22.5 Å². The molecule has 2 heterocycles. The summed E-state index contributed by atoms with van der Waals surface area (Å²) in [5, 5.41) is 3.36. The van der Waals surface area contributed by atoms with Gasteiger partial charge in [-0.1, -0.05) is 22.0 Å². The van der Waals surface area contributed by atoms with Gasteiger partial charge in [-0.05, 0) is 49.5 Å². The molecule has 7 heteroatoms. The summed E-state index contributed by atoms with van der Waals surface area (Å²) in [6.45, 7) is 3.26. The lowest BCUT2D eigenvalue weighted by Crippen LogP contribution is -2.43. The van der Waals surface area contributed by atoms with E-state index >= 15 is 0 Å². The summed E-state index contributed by atoms with van der Waals surface area (Å²) in [4.78, 5) is 0.381. The van der Waals surface area contributed by atoms with Crippen molar-refractivity contribution in [3.63, 3.8) is 0 Å². The van der Waals surface area contributed by atoms with Crippen LogP contribution in [-0.4, -0.2) is 38.9 Å². The van der Waals surface area contributed by atoms with Gasteiger partial charge in [0.1, 0.15) is 0 Å². The van der Waals surface area contributed by atoms with E-state index < -0.39 is 10.0 Å². The molecule has 0 aromatic heterocycles. The lowest BCUT2D eigenvalue weighted by atomic mass is 9.90. The van der Waals surface area contributed by atoms with Crippen molar-refractivity contribution < 1.29 is 8.42 Å². The van der Waals surface area contributed by atoms with Gasteiger partial charge >= 0.3 is 0 Å². The minimum Gasteiger partial charge on any atom is -0.316 e. The first kappa shape index (κ1) is 16.2. The summed E-state index contributed by atoms with van der Waals surface area (Å²) in [5.41, 5.74) is 0. The fourth-order valence-corrected chi connectivity index (χ4v) is 5.11. The molecule has 1 aromatic carbocycles. The van der Waals surface area contributed by atoms with Gasteiger partial charge < -0.3 is 5.32 Å². The molecule has 0 spiro atoms. The number of nitrogens with zero attached hydrogens (tertiary/aromatic N) is 1. The SMILES string of the molecule is Cl.O=S(=O)(c1cccc(Br)c1)N1CCC2CNCC2C1. The zero-order valence-corrected chi connectivity index (χ0v) is 14.2. The minimum atomic E-state index is -3.35. The summed E-state index contributed by atoms with van der Waals surface area (Å²) >= 11 is 3.33. The van der Waals surface area contributed by atoms with Gasteiger partial charge in [-0.15, -0.1) is 12.4 Å². The van der Waals surface area contributed by atoms with Gasteiger partial charge in [-0.2, -0.15) is 4.31 Å². The minimum absolute atomic E-state index is 0. The monoisotopic (exact) mass is 380 g/mol. The van der Waals surface area contributed by atoms with E-state index in [1.807, 2.05) is 6.07 Å². The number of benzene rings is 1. The first-order chi connectivity index (χ1) is 9.07. The summed E-state index contributed by atoms with van der Waals surface area (Å²) in [6, 6.07) is 6.94. The van der Waals surface area contributed by atoms with Crippen molar-refractivity contribution in [2.24, 2.45) is 11.8 Å². The van der Waals surface area contributed by atoms with E-state index in [0.29, 0.717) is 29.8 Å². The third-order valence-corrected chi connectivity index (χ3v) is 6.46. The average molecular weight is 382 g/mol. The Morgan fingerprint density at radius 2 is 2.00 bits per heavy atom. The largest absolute Gasteiger partial charge is 0.316 e. The zero-order chi connectivity index (χ0) is 13.5. The van der Waals surface area contributed by atoms with Crippen LogP contribution < -0.4 is 5.32 Å². The van der Waals surface area contributed by atoms with Gasteiger partial charge in [-0.25, -0.2) is 8.42 Å². The Morgan fingerprint density at radius 1 is 1.25 bits per heavy atom. The normalized spacial score (nSPS) is 26.9. The molecule has 0 amide bonds. The Kier molecular flexibility index (Phi) is 5.13. The number of piperidine rings is 1. The molecule has 1 aromatic rings. The van der Waals surface area contributed by atoms with Crippen molar-refractivity contribution in [3.05, 3.63) is 28.7 Å². The predicted molar refractivity (Wildman–Crippen MR) is 84.6 cm³/mol. The number of fused-ring (bicyclic) bond motifs is 1. The Hall–Kier alpha value is -0.140. The summed E-state index contributed by atoms with van der Waals surface area (Å²) < 4.78 is 27.7. The molecule has 112 valence electrons. The van der Waals surface area contributed by atoms with Crippen molar-refractivity contribution in [2.45, 2.75) is 11.3 Å². The Labute approximate surface area is 134 Å². The van der Waals surface area contributed by atoms with Crippen molar-refractivity contribution in [1.82, 2.24) is 9.62 Å². The first-order valence-corrected chi connectivity index (χ1v) is 8.77. The lowest BCUT2D eigenvalue weighted by molar-refractivity contribution is 0.228. The van der Waals surface area contributed by atoms with Crippen LogP contribution in [0.2, 0.25) is 0 Å². The van der Waals surface area contributed by atoms with Crippen LogP contribution in [0.4, 0.5) is 0 Å². The molecule has 2 unspecified atom stereocenters. The molecule has 0 bridgehead atoms. The highest BCUT2D eigenvalue weighted by Crippen LogP contribution is 2.30. The van der Waals surface area contributed by atoms with Gasteiger partial charge in [0.25, 0.3) is 0 Å². The molecular formula is C13H18BrClN2O2S. The molecule has 0 radical (unpaired) electrons. The van der Waals surface area contributed by atoms with Gasteiger partial charge in [0, 0.05) is 17.6 Å². The quantitative estimate of drug-likeness (QED) is 0.853. The van der Waals surface area contributed by atoms with Gasteiger partial charge in [0.05, 0.1) is 4.90 Å². The second-order valence-electron chi connectivity index (χ2n) is 5.29. The standard InChI is InChI=1S/C13H17BrN2O2S.ClH/c14-12-2-1-3-13(6-12)19(17,18)16-5-4-10-7-15-8-11(10)9-16;/h1-3,6,10-11,15H,4-5,7-9H2;1H. The Bertz CT molecular complexity index is 581. The second-order valence-corrected chi connectivity index (χ2v) is 8.14. The van der Waals surface area contributed by atoms with Gasteiger partial charge in [-0.3, -0.25) is 0 Å². The van der Waals surface area contributed by atoms with Crippen LogP contribution in [0.25, 0.3) is 0 Å². The molecule has 2 atom stereocenters. The molecule has 3 rings (SSSR count). The van der Waals surface area contributed by atoms with E-state index in [-0.39, 0.29) is 12.4 Å². The molecule has 1 N–H and O–H groups in total. The van der Waals surface area contributed by atoms with Crippen molar-refractivity contribution in [3.8, 4) is 0 Å². The third-order valence-electron chi connectivity index (χ3n) is 4.10. The average Bonchev–Trinajstić information content (AvgIpc) is 2.85. The van der Waals surface area contributed by atoms with Gasteiger partial charge in [0.15, 0.2) is 0 Å². The van der Waals surface area contributed by atoms with E-state index in [9.17, 15) is 8.42 Å². The van der Waals surface area contributed by atoms with Crippen LogP contribution in [0.5, 0.6) is 0 Å². The first-order valence-electron chi connectivity index (χ1n) is 6.54. The Morgan fingerprint density at radius 3 is 2.75 bits per heavy atom. The van der Waals surface area contributed by atoms with Crippen LogP contribution >= 0.6 is 28.3 Å². The second kappa shape index (κ2) is 6.32. The fourth-order valence-electron chi connectivity index (χ4n) is 3.00. The van der Waals surface area contributed by atoms with Crippen molar-refractivity contribution in [1.29, 1.82) is 0 Å². The highest BCUT2D eigenvalue weighted by molar-refractivity contribution is 9.10. The molecule has 4 nitrogen and oxygen atoms in total. The summed E-state index contributed by atoms with van der Waals surface area (Å²) in [5.74, 6) is 1.12. The highest BCUT2D eigenvalue weighted by atomic mass is 79.9. The molecule has 0 saturated carbocycles. The summed E-state index contributed by atoms with van der Waals surface area (Å²) in [7, 11) is -3.35. The smallest absolute Gasteiger partial charge is 0.243 e. The number of halogens is 2. The van der Waals surface area contributed by atoms with E-state index in [4.69, 9.17) is 0 Å². The number of sulfonamides is 1. The van der Waals surface area contributed by atoms with E-state index in [0.717, 1.165) is 24.0 Å². The molecular weight excluding hydrogens is 364 g/mol. The van der Waals surface area contributed by atoms with Crippen LogP contribution in [0.3, 0.4) is 0 Å². The number of rotatable bonds is 2. The molecule has 20 heavy (non-hydrogen) atoms. The summed E-state index contributed by atoms with van der Waals surface area (Å²) in [6.07, 6.45) is 0.963. The Balaban J connectivity index is 0.00000147. The third kappa shape index (κ3) is 3.04. The van der Waals surface area contributed by atoms with Crippen LogP contribution in [0.1, 0.15) is 6.42 Å².